The SMILES string of the molecule is NCCCCC(N)C(=O)NC(CCC(N)=O)C(=O)NC(CCCN=C(N)N)C(=O)NC(CC(N)=O)C(=O)O. The molecule has 4 unspecified atom stereocenters. The van der Waals surface area contributed by atoms with Crippen molar-refractivity contribution in [1.29, 1.82) is 0 Å². The highest BCUT2D eigenvalue weighted by Crippen LogP contribution is 2.06. The number of carboxylic acid groups (broad SMARTS) is 1. The second kappa shape index (κ2) is 18.3. The monoisotopic (exact) mass is 544 g/mol. The first-order valence-corrected chi connectivity index (χ1v) is 12.0. The first kappa shape index (κ1) is 34.0. The summed E-state index contributed by atoms with van der Waals surface area (Å²) in [5, 5.41) is 16.3. The molecular weight excluding hydrogens is 504 g/mol. The van der Waals surface area contributed by atoms with E-state index in [9.17, 15) is 33.9 Å². The highest BCUT2D eigenvalue weighted by molar-refractivity contribution is 5.95. The van der Waals surface area contributed by atoms with Gasteiger partial charge in [-0.05, 0) is 38.6 Å². The van der Waals surface area contributed by atoms with Gasteiger partial charge in [0.1, 0.15) is 18.1 Å². The number of rotatable bonds is 20. The van der Waals surface area contributed by atoms with Gasteiger partial charge in [-0.2, -0.15) is 0 Å². The van der Waals surface area contributed by atoms with Crippen molar-refractivity contribution in [2.24, 2.45) is 39.4 Å². The van der Waals surface area contributed by atoms with Crippen LogP contribution in [0.1, 0.15) is 51.4 Å². The molecule has 0 heterocycles. The lowest BCUT2D eigenvalue weighted by Crippen LogP contribution is -2.57. The van der Waals surface area contributed by atoms with Crippen molar-refractivity contribution in [3.05, 3.63) is 0 Å². The van der Waals surface area contributed by atoms with Gasteiger partial charge in [0.2, 0.25) is 29.5 Å². The van der Waals surface area contributed by atoms with Crippen LogP contribution in [-0.4, -0.2) is 83.8 Å². The maximum atomic E-state index is 13.1. The number of aliphatic carboxylic acids is 1. The van der Waals surface area contributed by atoms with E-state index in [0.29, 0.717) is 25.8 Å². The van der Waals surface area contributed by atoms with E-state index in [2.05, 4.69) is 20.9 Å². The molecule has 0 saturated heterocycles. The molecule has 17 nitrogen and oxygen atoms in total. The molecule has 0 spiro atoms. The lowest BCUT2D eigenvalue weighted by Gasteiger charge is -2.25. The minimum absolute atomic E-state index is 0.0493. The molecule has 0 saturated carbocycles. The van der Waals surface area contributed by atoms with E-state index in [1.54, 1.807) is 0 Å². The largest absolute Gasteiger partial charge is 0.480 e. The zero-order valence-corrected chi connectivity index (χ0v) is 21.2. The molecule has 5 amide bonds. The Hall–Kier alpha value is -3.99. The summed E-state index contributed by atoms with van der Waals surface area (Å²) in [6.07, 6.45) is 0.536. The maximum absolute atomic E-state index is 13.1. The Balaban J connectivity index is 5.67. The summed E-state index contributed by atoms with van der Waals surface area (Å²) < 4.78 is 0. The van der Waals surface area contributed by atoms with E-state index in [-0.39, 0.29) is 38.2 Å². The Morgan fingerprint density at radius 1 is 0.711 bits per heavy atom. The van der Waals surface area contributed by atoms with E-state index in [1.807, 2.05) is 0 Å². The molecule has 16 N–H and O–H groups in total. The number of carboxylic acids is 1. The Kier molecular flexibility index (Phi) is 16.4. The number of guanidine groups is 1. The Bertz CT molecular complexity index is 863. The summed E-state index contributed by atoms with van der Waals surface area (Å²) in [5.41, 5.74) is 32.1. The van der Waals surface area contributed by atoms with E-state index in [0.717, 1.165) is 0 Å². The van der Waals surface area contributed by atoms with Gasteiger partial charge in [-0.3, -0.25) is 29.0 Å². The van der Waals surface area contributed by atoms with Gasteiger partial charge in [-0.1, -0.05) is 6.42 Å². The van der Waals surface area contributed by atoms with Crippen LogP contribution in [0.2, 0.25) is 0 Å². The third-order valence-corrected chi connectivity index (χ3v) is 5.22. The highest BCUT2D eigenvalue weighted by Gasteiger charge is 2.30. The Morgan fingerprint density at radius 3 is 1.76 bits per heavy atom. The average molecular weight is 545 g/mol. The van der Waals surface area contributed by atoms with Crippen molar-refractivity contribution >= 4 is 41.5 Å². The molecule has 4 atom stereocenters. The first-order valence-electron chi connectivity index (χ1n) is 12.0. The number of hydrogen-bond acceptors (Lipinski definition) is 9. The fraction of sp³-hybridized carbons (Fsp3) is 0.667. The van der Waals surface area contributed by atoms with Gasteiger partial charge >= 0.3 is 5.97 Å². The number of aliphatic imine (C=N–C) groups is 1. The summed E-state index contributed by atoms with van der Waals surface area (Å²) in [6, 6.07) is -5.20. The standard InChI is InChI=1S/C21H40N10O7/c22-8-2-1-4-11(23)17(34)29-13(6-7-15(24)32)19(36)30-12(5-3-9-28-21(26)27)18(35)31-14(20(37)38)10-16(25)33/h11-14H,1-10,22-23H2,(H2,24,32)(H2,25,33)(H,29,34)(H,30,36)(H,31,35)(H,37,38)(H4,26,27,28). The van der Waals surface area contributed by atoms with Crippen LogP contribution in [-0.2, 0) is 28.8 Å². The summed E-state index contributed by atoms with van der Waals surface area (Å²) in [6.45, 7) is 0.512. The normalized spacial score (nSPS) is 13.7. The smallest absolute Gasteiger partial charge is 0.326 e. The van der Waals surface area contributed by atoms with Gasteiger partial charge in [0.15, 0.2) is 5.96 Å². The van der Waals surface area contributed by atoms with Crippen LogP contribution in [0.3, 0.4) is 0 Å². The van der Waals surface area contributed by atoms with Crippen LogP contribution < -0.4 is 50.4 Å². The Morgan fingerprint density at radius 2 is 1.26 bits per heavy atom. The third-order valence-electron chi connectivity index (χ3n) is 5.22. The first-order chi connectivity index (χ1) is 17.8. The Labute approximate surface area is 219 Å². The van der Waals surface area contributed by atoms with Crippen molar-refractivity contribution in [1.82, 2.24) is 16.0 Å². The number of carbonyl (C=O) groups excluding carboxylic acids is 5. The predicted molar refractivity (Wildman–Crippen MR) is 136 cm³/mol. The third kappa shape index (κ3) is 15.2. The van der Waals surface area contributed by atoms with Crippen LogP contribution in [0.25, 0.3) is 0 Å². The van der Waals surface area contributed by atoms with Gasteiger partial charge in [-0.15, -0.1) is 0 Å². The molecule has 0 aromatic heterocycles. The van der Waals surface area contributed by atoms with Crippen molar-refractivity contribution in [2.75, 3.05) is 13.1 Å². The highest BCUT2D eigenvalue weighted by atomic mass is 16.4. The molecule has 0 aromatic rings. The predicted octanol–water partition coefficient (Wildman–Crippen LogP) is -4.82. The fourth-order valence-electron chi connectivity index (χ4n) is 3.19. The van der Waals surface area contributed by atoms with Crippen molar-refractivity contribution < 1.29 is 33.9 Å². The van der Waals surface area contributed by atoms with Crippen molar-refractivity contribution in [2.45, 2.75) is 75.5 Å². The van der Waals surface area contributed by atoms with Gasteiger partial charge in [0, 0.05) is 13.0 Å². The fourth-order valence-corrected chi connectivity index (χ4v) is 3.19. The zero-order valence-electron chi connectivity index (χ0n) is 21.2. The second-order valence-electron chi connectivity index (χ2n) is 8.54. The van der Waals surface area contributed by atoms with E-state index >= 15 is 0 Å². The number of nitrogens with two attached hydrogens (primary N) is 6. The number of carbonyl (C=O) groups is 6. The number of hydrogen-bond donors (Lipinski definition) is 10. The van der Waals surface area contributed by atoms with Gasteiger partial charge in [0.05, 0.1) is 12.5 Å². The topological polar surface area (TPSA) is 327 Å². The molecule has 0 aliphatic carbocycles. The molecule has 0 bridgehead atoms. The minimum atomic E-state index is -1.64. The van der Waals surface area contributed by atoms with Crippen LogP contribution in [0.5, 0.6) is 0 Å². The van der Waals surface area contributed by atoms with Crippen LogP contribution in [0.4, 0.5) is 0 Å². The number of nitrogens with zero attached hydrogens (tertiary/aromatic N) is 1. The van der Waals surface area contributed by atoms with Gasteiger partial charge in [-0.25, -0.2) is 4.79 Å². The maximum Gasteiger partial charge on any atom is 0.326 e. The van der Waals surface area contributed by atoms with Crippen LogP contribution in [0.15, 0.2) is 4.99 Å². The summed E-state index contributed by atoms with van der Waals surface area (Å²) in [5.74, 6) is -5.85. The molecule has 0 aliphatic heterocycles. The quantitative estimate of drug-likeness (QED) is 0.0393. The lowest BCUT2D eigenvalue weighted by molar-refractivity contribution is -0.143. The van der Waals surface area contributed by atoms with E-state index in [4.69, 9.17) is 34.4 Å². The lowest BCUT2D eigenvalue weighted by atomic mass is 10.0. The molecule has 0 aliphatic rings. The molecule has 38 heavy (non-hydrogen) atoms. The van der Waals surface area contributed by atoms with E-state index in [1.165, 1.54) is 0 Å². The van der Waals surface area contributed by atoms with Crippen LogP contribution >= 0.6 is 0 Å². The molecule has 0 radical (unpaired) electrons. The number of nitrogens with one attached hydrogen (secondary N) is 3. The average Bonchev–Trinajstić information content (AvgIpc) is 2.82. The van der Waals surface area contributed by atoms with Crippen molar-refractivity contribution in [3.8, 4) is 0 Å². The molecule has 0 aromatic carbocycles. The minimum Gasteiger partial charge on any atom is -0.480 e. The molecule has 216 valence electrons. The summed E-state index contributed by atoms with van der Waals surface area (Å²) in [7, 11) is 0. The van der Waals surface area contributed by atoms with Gasteiger partial charge < -0.3 is 55.5 Å². The van der Waals surface area contributed by atoms with Crippen molar-refractivity contribution in [3.63, 3.8) is 0 Å². The number of primary amides is 2. The molecule has 17 heteroatoms. The van der Waals surface area contributed by atoms with E-state index < -0.39 is 66.1 Å². The summed E-state index contributed by atoms with van der Waals surface area (Å²) in [4.78, 5) is 76.1. The zero-order chi connectivity index (χ0) is 29.3. The number of unbranched alkanes of at least 4 members (excludes halogenated alkanes) is 1. The molecular formula is C21H40N10O7. The van der Waals surface area contributed by atoms with Crippen LogP contribution in [0, 0.1) is 0 Å². The molecule has 0 fully saturated rings. The van der Waals surface area contributed by atoms with Gasteiger partial charge in [0.25, 0.3) is 0 Å². The molecule has 0 rings (SSSR count). The number of amides is 5. The summed E-state index contributed by atoms with van der Waals surface area (Å²) >= 11 is 0. The second-order valence-corrected chi connectivity index (χ2v) is 8.54.